The van der Waals surface area contributed by atoms with Gasteiger partial charge in [-0.1, -0.05) is 30.6 Å². The average Bonchev–Trinajstić information content (AvgIpc) is 2.48. The Hall–Kier alpha value is -0.940. The fraction of sp³-hybridized carbons (Fsp3) is 0.647. The molecule has 0 spiro atoms. The molecule has 23 heavy (non-hydrogen) atoms. The summed E-state index contributed by atoms with van der Waals surface area (Å²) >= 11 is 7.25. The molecule has 0 aliphatic heterocycles. The second-order valence-electron chi connectivity index (χ2n) is 5.61. The second-order valence-corrected chi connectivity index (χ2v) is 7.58. The van der Waals surface area contributed by atoms with Gasteiger partial charge < -0.3 is 9.94 Å². The van der Waals surface area contributed by atoms with Crippen LogP contribution in [0.15, 0.2) is 28.1 Å². The minimum Gasteiger partial charge on any atom is -0.512 e. The molecule has 0 aromatic rings. The van der Waals surface area contributed by atoms with E-state index in [1.54, 1.807) is 12.3 Å². The number of hydrogen-bond donors (Lipinski definition) is 1. The van der Waals surface area contributed by atoms with E-state index in [-0.39, 0.29) is 17.5 Å². The summed E-state index contributed by atoms with van der Waals surface area (Å²) in [4.78, 5) is 17.2. The Kier molecular flexibility index (Phi) is 10.1. The molecule has 0 saturated heterocycles. The van der Waals surface area contributed by atoms with Crippen LogP contribution in [0.4, 0.5) is 0 Å². The Labute approximate surface area is 148 Å². The van der Waals surface area contributed by atoms with Crippen molar-refractivity contribution < 1.29 is 14.7 Å². The number of aliphatic hydroxyl groups excluding tert-OH is 1. The first kappa shape index (κ1) is 20.1. The van der Waals surface area contributed by atoms with Crippen molar-refractivity contribution in [3.05, 3.63) is 22.9 Å². The molecule has 0 radical (unpaired) electrons. The predicted molar refractivity (Wildman–Crippen MR) is 98.3 cm³/mol. The van der Waals surface area contributed by atoms with Crippen molar-refractivity contribution in [2.45, 2.75) is 51.2 Å². The van der Waals surface area contributed by atoms with Crippen LogP contribution in [0, 0.1) is 5.92 Å². The number of thioether (sulfide) groups is 1. The average molecular weight is 360 g/mol. The predicted octanol–water partition coefficient (Wildman–Crippen LogP) is 4.84. The molecular formula is C17H26ClNO3S. The second kappa shape index (κ2) is 11.6. The van der Waals surface area contributed by atoms with Gasteiger partial charge in [0.05, 0.1) is 5.76 Å². The summed E-state index contributed by atoms with van der Waals surface area (Å²) in [5.74, 6) is 1.68. The highest BCUT2D eigenvalue weighted by Crippen LogP contribution is 2.32. The number of carbonyl (C=O) groups excluding carboxylic acids is 1. The summed E-state index contributed by atoms with van der Waals surface area (Å²) in [5.41, 5.74) is 1.93. The standard InChI is InChI=1S/C17H26ClNO3S/c1-3-23-13(2)10-14-11-16(20)15(17(21)12-14)6-4-8-19-22-9-5-7-18/h5,7-8,13-14,20H,3-4,6,9-12H2,1-2H3/b7-5+,19-8?. The highest BCUT2D eigenvalue weighted by Gasteiger charge is 2.28. The topological polar surface area (TPSA) is 58.9 Å². The molecule has 6 heteroatoms. The normalized spacial score (nSPS) is 20.7. The van der Waals surface area contributed by atoms with Crippen LogP contribution in [0.1, 0.15) is 46.0 Å². The number of halogens is 1. The van der Waals surface area contributed by atoms with Gasteiger partial charge in [0.1, 0.15) is 6.61 Å². The van der Waals surface area contributed by atoms with E-state index >= 15 is 0 Å². The lowest BCUT2D eigenvalue weighted by Crippen LogP contribution is -2.22. The van der Waals surface area contributed by atoms with Gasteiger partial charge in [-0.2, -0.15) is 11.8 Å². The van der Waals surface area contributed by atoms with Crippen LogP contribution in [0.2, 0.25) is 0 Å². The first-order chi connectivity index (χ1) is 11.1. The lowest BCUT2D eigenvalue weighted by molar-refractivity contribution is -0.117. The van der Waals surface area contributed by atoms with Gasteiger partial charge in [0, 0.05) is 35.4 Å². The van der Waals surface area contributed by atoms with E-state index in [4.69, 9.17) is 16.4 Å². The number of nitrogens with zero attached hydrogens (tertiary/aromatic N) is 1. The molecule has 1 aliphatic rings. The van der Waals surface area contributed by atoms with E-state index in [9.17, 15) is 9.90 Å². The van der Waals surface area contributed by atoms with Crippen molar-refractivity contribution in [3.8, 4) is 0 Å². The van der Waals surface area contributed by atoms with Gasteiger partial charge in [0.25, 0.3) is 0 Å². The molecular weight excluding hydrogens is 334 g/mol. The summed E-state index contributed by atoms with van der Waals surface area (Å²) in [6.45, 7) is 4.65. The highest BCUT2D eigenvalue weighted by atomic mass is 35.5. The Balaban J connectivity index is 2.42. The van der Waals surface area contributed by atoms with Crippen LogP contribution in [-0.4, -0.2) is 34.7 Å². The largest absolute Gasteiger partial charge is 0.512 e. The van der Waals surface area contributed by atoms with Gasteiger partial charge in [-0.15, -0.1) is 0 Å². The molecule has 0 heterocycles. The molecule has 2 unspecified atom stereocenters. The number of carbonyl (C=O) groups is 1. The van der Waals surface area contributed by atoms with Crippen molar-refractivity contribution in [1.29, 1.82) is 0 Å². The first-order valence-corrected chi connectivity index (χ1v) is 9.51. The zero-order chi connectivity index (χ0) is 17.1. The summed E-state index contributed by atoms with van der Waals surface area (Å²) < 4.78 is 0. The number of aliphatic hydroxyl groups is 1. The molecule has 1 rings (SSSR count). The maximum atomic E-state index is 12.2. The number of oxime groups is 1. The van der Waals surface area contributed by atoms with Crippen molar-refractivity contribution >= 4 is 35.4 Å². The highest BCUT2D eigenvalue weighted by molar-refractivity contribution is 7.99. The number of hydrogen-bond acceptors (Lipinski definition) is 5. The molecule has 1 aliphatic carbocycles. The Morgan fingerprint density at radius 3 is 2.96 bits per heavy atom. The lowest BCUT2D eigenvalue weighted by atomic mass is 9.83. The molecule has 0 bridgehead atoms. The van der Waals surface area contributed by atoms with Gasteiger partial charge in [-0.05, 0) is 37.0 Å². The maximum Gasteiger partial charge on any atom is 0.162 e. The van der Waals surface area contributed by atoms with Gasteiger partial charge in [0.2, 0.25) is 0 Å². The quantitative estimate of drug-likeness (QED) is 0.344. The van der Waals surface area contributed by atoms with Gasteiger partial charge in [-0.25, -0.2) is 0 Å². The van der Waals surface area contributed by atoms with Crippen molar-refractivity contribution in [1.82, 2.24) is 0 Å². The fourth-order valence-electron chi connectivity index (χ4n) is 2.72. The zero-order valence-corrected chi connectivity index (χ0v) is 15.4. The van der Waals surface area contributed by atoms with E-state index in [1.165, 1.54) is 5.54 Å². The lowest BCUT2D eigenvalue weighted by Gasteiger charge is -2.25. The maximum absolute atomic E-state index is 12.2. The molecule has 1 N–H and O–H groups in total. The number of rotatable bonds is 10. The summed E-state index contributed by atoms with van der Waals surface area (Å²) in [6.07, 6.45) is 6.46. The summed E-state index contributed by atoms with van der Waals surface area (Å²) in [7, 11) is 0. The van der Waals surface area contributed by atoms with Crippen molar-refractivity contribution in [3.63, 3.8) is 0 Å². The van der Waals surface area contributed by atoms with Gasteiger partial charge in [-0.3, -0.25) is 4.79 Å². The molecule has 0 aromatic heterocycles. The first-order valence-electron chi connectivity index (χ1n) is 8.03. The Morgan fingerprint density at radius 1 is 1.52 bits per heavy atom. The third-order valence-electron chi connectivity index (χ3n) is 3.69. The minimum absolute atomic E-state index is 0.0758. The van der Waals surface area contributed by atoms with E-state index in [0.29, 0.717) is 43.1 Å². The molecule has 0 saturated carbocycles. The van der Waals surface area contributed by atoms with Crippen molar-refractivity contribution in [2.75, 3.05) is 12.4 Å². The van der Waals surface area contributed by atoms with E-state index in [0.717, 1.165) is 12.2 Å². The SMILES string of the molecule is CCSC(C)CC1CC(=O)C(CCC=NOC/C=C/Cl)=C(O)C1. The number of ketones is 1. The third-order valence-corrected chi connectivity index (χ3v) is 4.96. The molecule has 0 amide bonds. The molecule has 130 valence electrons. The molecule has 2 atom stereocenters. The Bertz CT molecular complexity index is 463. The molecule has 0 aromatic carbocycles. The van der Waals surface area contributed by atoms with Crippen LogP contribution < -0.4 is 0 Å². The summed E-state index contributed by atoms with van der Waals surface area (Å²) in [5, 5.41) is 14.5. The smallest absolute Gasteiger partial charge is 0.162 e. The van der Waals surface area contributed by atoms with Crippen LogP contribution in [0.25, 0.3) is 0 Å². The van der Waals surface area contributed by atoms with E-state index < -0.39 is 0 Å². The van der Waals surface area contributed by atoms with Crippen LogP contribution in [0.3, 0.4) is 0 Å². The van der Waals surface area contributed by atoms with E-state index in [2.05, 4.69) is 19.0 Å². The van der Waals surface area contributed by atoms with Crippen LogP contribution in [-0.2, 0) is 9.63 Å². The summed E-state index contributed by atoms with van der Waals surface area (Å²) in [6, 6.07) is 0. The monoisotopic (exact) mass is 359 g/mol. The van der Waals surface area contributed by atoms with Gasteiger partial charge in [0.15, 0.2) is 5.78 Å². The molecule has 4 nitrogen and oxygen atoms in total. The van der Waals surface area contributed by atoms with Gasteiger partial charge >= 0.3 is 0 Å². The number of Topliss-reactive ketones (excluding diaryl/α,β-unsaturated/α-hetero) is 1. The van der Waals surface area contributed by atoms with Crippen LogP contribution in [0.5, 0.6) is 0 Å². The molecule has 0 fully saturated rings. The third kappa shape index (κ3) is 7.93. The zero-order valence-electron chi connectivity index (χ0n) is 13.8. The Morgan fingerprint density at radius 2 is 2.30 bits per heavy atom. The van der Waals surface area contributed by atoms with Crippen molar-refractivity contribution in [2.24, 2.45) is 11.1 Å². The minimum atomic E-state index is 0.0758. The van der Waals surface area contributed by atoms with E-state index in [1.807, 2.05) is 11.8 Å². The fourth-order valence-corrected chi connectivity index (χ4v) is 3.77. The number of allylic oxidation sites excluding steroid dienone is 2. The van der Waals surface area contributed by atoms with Crippen LogP contribution >= 0.6 is 23.4 Å².